The van der Waals surface area contributed by atoms with Gasteiger partial charge < -0.3 is 5.73 Å². The van der Waals surface area contributed by atoms with Gasteiger partial charge in [-0.05, 0) is 6.42 Å². The highest BCUT2D eigenvalue weighted by molar-refractivity contribution is 6.00. The maximum absolute atomic E-state index is 10.2. The van der Waals surface area contributed by atoms with Crippen LogP contribution in [0.25, 0.3) is 0 Å². The lowest BCUT2D eigenvalue weighted by Gasteiger charge is -1.98. The maximum atomic E-state index is 10.2. The van der Waals surface area contributed by atoms with Crippen molar-refractivity contribution in [3.63, 3.8) is 0 Å². The topological polar surface area (TPSA) is 120 Å². The molecule has 1 heterocycles. The average molecular weight is 214 g/mol. The molecule has 0 radical (unpaired) electrons. The van der Waals surface area contributed by atoms with E-state index >= 15 is 0 Å². The first-order valence-corrected chi connectivity index (χ1v) is 4.44. The highest BCUT2D eigenvalue weighted by atomic mass is 16.5. The quantitative estimate of drug-likeness (QED) is 0.339. The maximum Gasteiger partial charge on any atom is 0.253 e. The van der Waals surface area contributed by atoms with Gasteiger partial charge in [0.1, 0.15) is 6.17 Å². The molecule has 1 rings (SSSR count). The van der Waals surface area contributed by atoms with Crippen LogP contribution < -0.4 is 5.73 Å². The van der Waals surface area contributed by atoms with Crippen molar-refractivity contribution in [1.82, 2.24) is 5.06 Å². The number of nitrogens with one attached hydrogen (secondary N) is 1. The SMILES string of the molecule is CCC(N)N=C=N.O=C1CCC(=O)N1O. The largest absolute Gasteiger partial charge is 0.309 e. The van der Waals surface area contributed by atoms with Crippen LogP contribution in [0.5, 0.6) is 0 Å². The zero-order valence-corrected chi connectivity index (χ0v) is 8.43. The van der Waals surface area contributed by atoms with Crippen molar-refractivity contribution in [1.29, 1.82) is 5.41 Å². The second kappa shape index (κ2) is 6.83. The molecule has 1 unspecified atom stereocenters. The van der Waals surface area contributed by atoms with E-state index in [0.29, 0.717) is 0 Å². The molecule has 1 aliphatic rings. The van der Waals surface area contributed by atoms with E-state index in [4.69, 9.17) is 16.4 Å². The Hall–Kier alpha value is -1.56. The number of rotatable bonds is 2. The minimum Gasteiger partial charge on any atom is -0.309 e. The number of amides is 2. The fraction of sp³-hybridized carbons (Fsp3) is 0.625. The second-order valence-electron chi connectivity index (χ2n) is 2.82. The van der Waals surface area contributed by atoms with Crippen LogP contribution in [-0.4, -0.2) is 34.3 Å². The number of carbonyl (C=O) groups excluding carboxylic acids is 2. The smallest absolute Gasteiger partial charge is 0.253 e. The van der Waals surface area contributed by atoms with Gasteiger partial charge in [-0.3, -0.25) is 14.8 Å². The van der Waals surface area contributed by atoms with Crippen LogP contribution in [0.15, 0.2) is 4.99 Å². The highest BCUT2D eigenvalue weighted by Crippen LogP contribution is 2.06. The van der Waals surface area contributed by atoms with Crippen LogP contribution in [0, 0.1) is 5.41 Å². The molecule has 0 aliphatic carbocycles. The minimum atomic E-state index is -0.505. The van der Waals surface area contributed by atoms with Crippen LogP contribution >= 0.6 is 0 Å². The van der Waals surface area contributed by atoms with Crippen molar-refractivity contribution in [2.75, 3.05) is 0 Å². The first-order chi connectivity index (χ1) is 7.02. The molecule has 0 aromatic rings. The molecule has 1 saturated heterocycles. The van der Waals surface area contributed by atoms with Gasteiger partial charge >= 0.3 is 0 Å². The Balaban J connectivity index is 0.000000265. The van der Waals surface area contributed by atoms with Gasteiger partial charge in [-0.2, -0.15) is 5.06 Å². The Kier molecular flexibility index (Phi) is 6.12. The van der Waals surface area contributed by atoms with Gasteiger partial charge in [0.25, 0.3) is 11.8 Å². The van der Waals surface area contributed by atoms with Crippen LogP contribution in [-0.2, 0) is 9.59 Å². The third kappa shape index (κ3) is 5.02. The summed E-state index contributed by atoms with van der Waals surface area (Å²) in [7, 11) is 0. The summed E-state index contributed by atoms with van der Waals surface area (Å²) < 4.78 is 0. The molecule has 0 spiro atoms. The van der Waals surface area contributed by atoms with E-state index in [2.05, 4.69) is 4.99 Å². The van der Waals surface area contributed by atoms with Crippen molar-refractivity contribution < 1.29 is 14.8 Å². The number of nitrogens with two attached hydrogens (primary N) is 1. The van der Waals surface area contributed by atoms with Crippen molar-refractivity contribution in [3.8, 4) is 0 Å². The molecule has 0 saturated carbocycles. The van der Waals surface area contributed by atoms with Crippen LogP contribution in [0.3, 0.4) is 0 Å². The lowest BCUT2D eigenvalue weighted by Crippen LogP contribution is -2.24. The molecule has 1 aliphatic heterocycles. The first-order valence-electron chi connectivity index (χ1n) is 4.44. The van der Waals surface area contributed by atoms with E-state index < -0.39 is 11.8 Å². The molecule has 2 amide bonds. The van der Waals surface area contributed by atoms with Crippen LogP contribution in [0.2, 0.25) is 0 Å². The van der Waals surface area contributed by atoms with Crippen molar-refractivity contribution >= 4 is 17.8 Å². The van der Waals surface area contributed by atoms with E-state index in [0.717, 1.165) is 6.42 Å². The Bertz CT molecular complexity index is 270. The van der Waals surface area contributed by atoms with Crippen LogP contribution in [0.1, 0.15) is 26.2 Å². The Morgan fingerprint density at radius 2 is 2.07 bits per heavy atom. The molecule has 15 heavy (non-hydrogen) atoms. The number of hydrogen-bond acceptors (Lipinski definition) is 6. The number of nitrogens with zero attached hydrogens (tertiary/aromatic N) is 2. The summed E-state index contributed by atoms with van der Waals surface area (Å²) >= 11 is 0. The summed E-state index contributed by atoms with van der Waals surface area (Å²) in [6.07, 6.45) is 0.841. The molecule has 0 aromatic heterocycles. The fourth-order valence-corrected chi connectivity index (χ4v) is 0.739. The summed E-state index contributed by atoms with van der Waals surface area (Å²) in [6.45, 7) is 1.91. The Morgan fingerprint density at radius 3 is 2.20 bits per heavy atom. The summed E-state index contributed by atoms with van der Waals surface area (Å²) in [6, 6.07) is 1.87. The molecule has 1 atom stereocenters. The zero-order valence-electron chi connectivity index (χ0n) is 8.43. The average Bonchev–Trinajstić information content (AvgIpc) is 2.51. The molecule has 7 heteroatoms. The molecule has 4 N–H and O–H groups in total. The van der Waals surface area contributed by atoms with E-state index in [1.54, 1.807) is 0 Å². The number of hydrogen-bond donors (Lipinski definition) is 3. The molecule has 7 nitrogen and oxygen atoms in total. The van der Waals surface area contributed by atoms with Gasteiger partial charge in [0, 0.05) is 12.8 Å². The van der Waals surface area contributed by atoms with Gasteiger partial charge in [0.05, 0.1) is 6.01 Å². The molecule has 1 fully saturated rings. The van der Waals surface area contributed by atoms with E-state index in [1.807, 2.05) is 12.9 Å². The van der Waals surface area contributed by atoms with Gasteiger partial charge in [-0.15, -0.1) is 0 Å². The zero-order chi connectivity index (χ0) is 11.8. The summed E-state index contributed by atoms with van der Waals surface area (Å²) in [5.74, 6) is -1.01. The van der Waals surface area contributed by atoms with Crippen molar-refractivity contribution in [3.05, 3.63) is 0 Å². The minimum absolute atomic E-state index is 0.148. The number of carbonyl (C=O) groups is 2. The first kappa shape index (κ1) is 13.4. The number of hydroxylamine groups is 2. The van der Waals surface area contributed by atoms with E-state index in [9.17, 15) is 9.59 Å². The van der Waals surface area contributed by atoms with Gasteiger partial charge in [0.15, 0.2) is 0 Å². The molecule has 84 valence electrons. The Morgan fingerprint density at radius 1 is 1.60 bits per heavy atom. The third-order valence-corrected chi connectivity index (χ3v) is 1.67. The molecule has 0 aromatic carbocycles. The molecular weight excluding hydrogens is 200 g/mol. The van der Waals surface area contributed by atoms with Gasteiger partial charge in [-0.25, -0.2) is 10.4 Å². The molecule has 0 bridgehead atoms. The standard InChI is InChI=1S/C4H9N3.C4H5NO3/c1-2-4(6)7-3-5;6-3-1-2-4(7)5(3)8/h4-5H,2,6H2,1H3;8H,1-2H2. The highest BCUT2D eigenvalue weighted by Gasteiger charge is 2.26. The number of aliphatic imine (C=N–C) groups is 1. The summed E-state index contributed by atoms with van der Waals surface area (Å²) in [5.41, 5.74) is 5.23. The van der Waals surface area contributed by atoms with Crippen LogP contribution in [0.4, 0.5) is 0 Å². The fourth-order valence-electron chi connectivity index (χ4n) is 0.739. The van der Waals surface area contributed by atoms with E-state index in [-0.39, 0.29) is 24.1 Å². The molecular formula is C8H14N4O3. The summed E-state index contributed by atoms with van der Waals surface area (Å²) in [4.78, 5) is 23.9. The third-order valence-electron chi connectivity index (χ3n) is 1.67. The van der Waals surface area contributed by atoms with Crippen molar-refractivity contribution in [2.45, 2.75) is 32.4 Å². The number of imide groups is 1. The lowest BCUT2D eigenvalue weighted by molar-refractivity contribution is -0.171. The monoisotopic (exact) mass is 214 g/mol. The summed E-state index contributed by atoms with van der Waals surface area (Å²) in [5, 5.41) is 14.9. The Labute approximate surface area is 87.0 Å². The van der Waals surface area contributed by atoms with E-state index in [1.165, 1.54) is 0 Å². The van der Waals surface area contributed by atoms with Gasteiger partial charge in [0.2, 0.25) is 0 Å². The second-order valence-corrected chi connectivity index (χ2v) is 2.82. The lowest BCUT2D eigenvalue weighted by atomic mass is 10.4. The van der Waals surface area contributed by atoms with Gasteiger partial charge in [-0.1, -0.05) is 6.92 Å². The predicted molar refractivity (Wildman–Crippen MR) is 51.3 cm³/mol. The predicted octanol–water partition coefficient (Wildman–Crippen LogP) is -0.0415. The van der Waals surface area contributed by atoms with Crippen molar-refractivity contribution in [2.24, 2.45) is 10.7 Å². The normalized spacial score (nSPS) is 16.6.